The van der Waals surface area contributed by atoms with Crippen LogP contribution in [0.3, 0.4) is 0 Å². The van der Waals surface area contributed by atoms with E-state index in [-0.39, 0.29) is 30.8 Å². The standard InChI is InChI=1S/C18H34N4O4/c1-4-5-6-7-9-19-15(24)8-10-21-17(14(2)3)18(26)22-13-16(25)20-11-12-23/h12,14,17,21H,4-11,13H2,1-3H3,(H,19,24)(H,20,25)(H,22,26)/t17-/m0/s1. The summed E-state index contributed by atoms with van der Waals surface area (Å²) in [5.41, 5.74) is 0. The fourth-order valence-corrected chi connectivity index (χ4v) is 2.34. The Hall–Kier alpha value is -1.96. The molecule has 0 bridgehead atoms. The van der Waals surface area contributed by atoms with Gasteiger partial charge in [-0.3, -0.25) is 14.4 Å². The SMILES string of the molecule is CCCCCCNC(=O)CCN[C@H](C(=O)NCC(=O)NCC=O)C(C)C. The summed E-state index contributed by atoms with van der Waals surface area (Å²) in [5, 5.41) is 10.8. The van der Waals surface area contributed by atoms with Crippen molar-refractivity contribution in [2.24, 2.45) is 5.92 Å². The van der Waals surface area contributed by atoms with Crippen LogP contribution < -0.4 is 21.3 Å². The van der Waals surface area contributed by atoms with Crippen LogP contribution in [0.5, 0.6) is 0 Å². The summed E-state index contributed by atoms with van der Waals surface area (Å²) in [6.45, 7) is 6.72. The molecule has 0 saturated carbocycles. The van der Waals surface area contributed by atoms with Crippen molar-refractivity contribution in [2.75, 3.05) is 26.2 Å². The number of unbranched alkanes of at least 4 members (excludes halogenated alkanes) is 3. The van der Waals surface area contributed by atoms with Gasteiger partial charge in [-0.15, -0.1) is 0 Å². The molecule has 0 spiro atoms. The molecule has 0 aromatic rings. The van der Waals surface area contributed by atoms with Crippen LogP contribution in [-0.4, -0.2) is 56.2 Å². The van der Waals surface area contributed by atoms with E-state index < -0.39 is 11.9 Å². The van der Waals surface area contributed by atoms with Crippen LogP contribution in [0, 0.1) is 5.92 Å². The zero-order valence-electron chi connectivity index (χ0n) is 16.2. The van der Waals surface area contributed by atoms with Gasteiger partial charge in [0.15, 0.2) is 0 Å². The summed E-state index contributed by atoms with van der Waals surface area (Å²) in [6.07, 6.45) is 5.31. The first kappa shape index (κ1) is 24.0. The van der Waals surface area contributed by atoms with Gasteiger partial charge in [0.1, 0.15) is 6.29 Å². The molecule has 0 aliphatic heterocycles. The Morgan fingerprint density at radius 3 is 2.27 bits per heavy atom. The van der Waals surface area contributed by atoms with Crippen molar-refractivity contribution < 1.29 is 19.2 Å². The fourth-order valence-electron chi connectivity index (χ4n) is 2.34. The van der Waals surface area contributed by atoms with Crippen LogP contribution in [0.25, 0.3) is 0 Å². The molecule has 0 aliphatic carbocycles. The Balaban J connectivity index is 4.07. The highest BCUT2D eigenvalue weighted by Crippen LogP contribution is 2.02. The Morgan fingerprint density at radius 2 is 1.65 bits per heavy atom. The molecule has 0 aliphatic rings. The van der Waals surface area contributed by atoms with E-state index in [1.165, 1.54) is 6.42 Å². The Labute approximate surface area is 156 Å². The van der Waals surface area contributed by atoms with E-state index in [1.54, 1.807) is 0 Å². The van der Waals surface area contributed by atoms with Crippen LogP contribution in [-0.2, 0) is 19.2 Å². The maximum atomic E-state index is 12.2. The second kappa shape index (κ2) is 15.3. The highest BCUT2D eigenvalue weighted by molar-refractivity contribution is 5.88. The number of carbonyl (C=O) groups excluding carboxylic acids is 4. The predicted octanol–water partition coefficient (Wildman–Crippen LogP) is 0.119. The van der Waals surface area contributed by atoms with Crippen LogP contribution in [0.4, 0.5) is 0 Å². The molecule has 0 saturated heterocycles. The minimum atomic E-state index is -0.494. The number of hydrogen-bond acceptors (Lipinski definition) is 5. The van der Waals surface area contributed by atoms with E-state index in [0.29, 0.717) is 25.8 Å². The van der Waals surface area contributed by atoms with Gasteiger partial charge in [0.25, 0.3) is 0 Å². The zero-order valence-corrected chi connectivity index (χ0v) is 16.2. The molecule has 4 N–H and O–H groups in total. The summed E-state index contributed by atoms with van der Waals surface area (Å²) in [5.74, 6) is -0.757. The molecule has 0 heterocycles. The molecular weight excluding hydrogens is 336 g/mol. The molecule has 1 atom stereocenters. The largest absolute Gasteiger partial charge is 0.356 e. The normalized spacial score (nSPS) is 11.7. The van der Waals surface area contributed by atoms with Crippen molar-refractivity contribution in [2.45, 2.75) is 58.9 Å². The van der Waals surface area contributed by atoms with Gasteiger partial charge in [0, 0.05) is 19.5 Å². The summed E-state index contributed by atoms with van der Waals surface area (Å²) >= 11 is 0. The minimum Gasteiger partial charge on any atom is -0.356 e. The zero-order chi connectivity index (χ0) is 19.8. The van der Waals surface area contributed by atoms with Gasteiger partial charge in [-0.2, -0.15) is 0 Å². The smallest absolute Gasteiger partial charge is 0.239 e. The maximum Gasteiger partial charge on any atom is 0.239 e. The summed E-state index contributed by atoms with van der Waals surface area (Å²) in [7, 11) is 0. The van der Waals surface area contributed by atoms with Crippen molar-refractivity contribution in [1.29, 1.82) is 0 Å². The van der Waals surface area contributed by atoms with Gasteiger partial charge in [-0.25, -0.2) is 0 Å². The lowest BCUT2D eigenvalue weighted by molar-refractivity contribution is -0.128. The molecule has 0 aromatic carbocycles. The molecule has 8 nitrogen and oxygen atoms in total. The number of hydrogen-bond donors (Lipinski definition) is 4. The third-order valence-corrected chi connectivity index (χ3v) is 3.82. The van der Waals surface area contributed by atoms with E-state index in [1.807, 2.05) is 13.8 Å². The first-order chi connectivity index (χ1) is 12.4. The second-order valence-corrected chi connectivity index (χ2v) is 6.52. The number of nitrogens with one attached hydrogen (secondary N) is 4. The first-order valence-electron chi connectivity index (χ1n) is 9.40. The van der Waals surface area contributed by atoms with E-state index in [4.69, 9.17) is 0 Å². The summed E-state index contributed by atoms with van der Waals surface area (Å²) in [4.78, 5) is 45.6. The van der Waals surface area contributed by atoms with E-state index in [9.17, 15) is 19.2 Å². The van der Waals surface area contributed by atoms with Crippen molar-refractivity contribution in [3.63, 3.8) is 0 Å². The van der Waals surface area contributed by atoms with E-state index in [2.05, 4.69) is 28.2 Å². The van der Waals surface area contributed by atoms with Crippen LogP contribution in [0.1, 0.15) is 52.9 Å². The van der Waals surface area contributed by atoms with Gasteiger partial charge < -0.3 is 26.1 Å². The summed E-state index contributed by atoms with van der Waals surface area (Å²) in [6, 6.07) is -0.494. The third kappa shape index (κ3) is 12.4. The van der Waals surface area contributed by atoms with Gasteiger partial charge in [-0.05, 0) is 12.3 Å². The first-order valence-corrected chi connectivity index (χ1v) is 9.40. The lowest BCUT2D eigenvalue weighted by Crippen LogP contribution is -2.50. The fraction of sp³-hybridized carbons (Fsp3) is 0.778. The quantitative estimate of drug-likeness (QED) is 0.241. The molecule has 0 radical (unpaired) electrons. The number of aldehydes is 1. The minimum absolute atomic E-state index is 0.00476. The highest BCUT2D eigenvalue weighted by atomic mass is 16.2. The van der Waals surface area contributed by atoms with Crippen molar-refractivity contribution in [1.82, 2.24) is 21.3 Å². The van der Waals surface area contributed by atoms with Crippen LogP contribution in [0.2, 0.25) is 0 Å². The molecule has 8 heteroatoms. The van der Waals surface area contributed by atoms with Crippen LogP contribution >= 0.6 is 0 Å². The monoisotopic (exact) mass is 370 g/mol. The highest BCUT2D eigenvalue weighted by Gasteiger charge is 2.22. The number of rotatable bonds is 15. The molecular formula is C18H34N4O4. The van der Waals surface area contributed by atoms with E-state index in [0.717, 1.165) is 19.3 Å². The van der Waals surface area contributed by atoms with Crippen molar-refractivity contribution in [3.8, 4) is 0 Å². The molecule has 26 heavy (non-hydrogen) atoms. The lowest BCUT2D eigenvalue weighted by Gasteiger charge is -2.21. The second-order valence-electron chi connectivity index (χ2n) is 6.52. The van der Waals surface area contributed by atoms with Crippen molar-refractivity contribution in [3.05, 3.63) is 0 Å². The summed E-state index contributed by atoms with van der Waals surface area (Å²) < 4.78 is 0. The Morgan fingerprint density at radius 1 is 0.923 bits per heavy atom. The van der Waals surface area contributed by atoms with Gasteiger partial charge >= 0.3 is 0 Å². The van der Waals surface area contributed by atoms with E-state index >= 15 is 0 Å². The topological polar surface area (TPSA) is 116 Å². The number of carbonyl (C=O) groups is 4. The average molecular weight is 370 g/mol. The molecule has 0 fully saturated rings. The maximum absolute atomic E-state index is 12.2. The predicted molar refractivity (Wildman–Crippen MR) is 100 cm³/mol. The lowest BCUT2D eigenvalue weighted by atomic mass is 10.0. The third-order valence-electron chi connectivity index (χ3n) is 3.82. The Kier molecular flexibility index (Phi) is 14.2. The molecule has 0 rings (SSSR count). The molecule has 0 unspecified atom stereocenters. The molecule has 150 valence electrons. The van der Waals surface area contributed by atoms with Crippen LogP contribution in [0.15, 0.2) is 0 Å². The van der Waals surface area contributed by atoms with Crippen molar-refractivity contribution >= 4 is 24.0 Å². The van der Waals surface area contributed by atoms with Gasteiger partial charge in [0.05, 0.1) is 19.1 Å². The number of amides is 3. The Bertz CT molecular complexity index is 441. The van der Waals surface area contributed by atoms with Gasteiger partial charge in [0.2, 0.25) is 17.7 Å². The molecule has 0 aromatic heterocycles. The average Bonchev–Trinajstić information content (AvgIpc) is 2.61. The molecule has 3 amide bonds. The van der Waals surface area contributed by atoms with Gasteiger partial charge in [-0.1, -0.05) is 40.0 Å².